The highest BCUT2D eigenvalue weighted by atomic mass is 35.5. The number of halogens is 1. The molecule has 2 aromatic heterocycles. The lowest BCUT2D eigenvalue weighted by Gasteiger charge is -2.34. The number of aryl methyl sites for hydroxylation is 1. The van der Waals surface area contributed by atoms with E-state index in [0.717, 1.165) is 5.82 Å². The molecule has 1 saturated heterocycles. The van der Waals surface area contributed by atoms with E-state index in [0.29, 0.717) is 53.9 Å². The van der Waals surface area contributed by atoms with Crippen molar-refractivity contribution in [2.45, 2.75) is 11.8 Å². The molecule has 1 aliphatic rings. The zero-order chi connectivity index (χ0) is 26.0. The van der Waals surface area contributed by atoms with Gasteiger partial charge in [-0.15, -0.1) is 0 Å². The molecule has 4 aromatic rings. The number of nitrogens with one attached hydrogen (secondary N) is 1. The Bertz CT molecular complexity index is 1520. The van der Waals surface area contributed by atoms with Crippen molar-refractivity contribution >= 4 is 39.0 Å². The first-order valence-corrected chi connectivity index (χ1v) is 13.3. The van der Waals surface area contributed by atoms with Crippen LogP contribution >= 0.6 is 11.6 Å². The molecule has 12 heteroatoms. The molecular formula is C25H23ClN6O4S. The highest BCUT2D eigenvalue weighted by molar-refractivity contribution is 7.89. The fourth-order valence-corrected chi connectivity index (χ4v) is 5.79. The third-order valence-corrected chi connectivity index (χ3v) is 8.32. The fourth-order valence-electron chi connectivity index (χ4n) is 4.14. The quantitative estimate of drug-likeness (QED) is 0.393. The Hall–Kier alpha value is -3.80. The molecular weight excluding hydrogens is 516 g/mol. The number of sulfonamides is 1. The predicted octanol–water partition coefficient (Wildman–Crippen LogP) is 3.86. The van der Waals surface area contributed by atoms with Crippen molar-refractivity contribution in [3.8, 4) is 11.3 Å². The molecule has 0 unspecified atom stereocenters. The molecule has 1 aliphatic heterocycles. The van der Waals surface area contributed by atoms with E-state index in [9.17, 15) is 13.2 Å². The molecule has 0 bridgehead atoms. The Balaban J connectivity index is 1.28. The molecule has 1 N–H and O–H groups in total. The number of carbonyl (C=O) groups is 1. The van der Waals surface area contributed by atoms with Crippen molar-refractivity contribution in [1.82, 2.24) is 19.4 Å². The van der Waals surface area contributed by atoms with Gasteiger partial charge in [0.25, 0.3) is 5.91 Å². The lowest BCUT2D eigenvalue weighted by Crippen LogP contribution is -2.48. The SMILES string of the molecule is Cc1onc(-c2ccccc2Cl)c1C(=O)Nc1ccc(S(=O)(=O)N2CCN(c3cnccn3)CC2)cc1. The molecule has 3 heterocycles. The summed E-state index contributed by atoms with van der Waals surface area (Å²) in [6.45, 7) is 3.32. The van der Waals surface area contributed by atoms with Crippen molar-refractivity contribution in [3.63, 3.8) is 0 Å². The van der Waals surface area contributed by atoms with E-state index >= 15 is 0 Å². The van der Waals surface area contributed by atoms with Gasteiger partial charge in [0, 0.05) is 49.8 Å². The Kier molecular flexibility index (Phi) is 6.92. The maximum Gasteiger partial charge on any atom is 0.261 e. The molecule has 37 heavy (non-hydrogen) atoms. The Morgan fingerprint density at radius 2 is 1.76 bits per heavy atom. The highest BCUT2D eigenvalue weighted by Gasteiger charge is 2.29. The minimum atomic E-state index is -3.69. The summed E-state index contributed by atoms with van der Waals surface area (Å²) in [5.41, 5.74) is 1.60. The van der Waals surface area contributed by atoms with Gasteiger partial charge in [-0.3, -0.25) is 9.78 Å². The van der Waals surface area contributed by atoms with Gasteiger partial charge in [0.2, 0.25) is 10.0 Å². The molecule has 1 amide bonds. The van der Waals surface area contributed by atoms with Crippen LogP contribution in [0.5, 0.6) is 0 Å². The van der Waals surface area contributed by atoms with Crippen molar-refractivity contribution in [3.05, 3.63) is 83.5 Å². The third-order valence-electron chi connectivity index (χ3n) is 6.08. The zero-order valence-corrected chi connectivity index (χ0v) is 21.4. The second-order valence-corrected chi connectivity index (χ2v) is 10.7. The molecule has 5 rings (SSSR count). The van der Waals surface area contributed by atoms with E-state index in [1.165, 1.54) is 16.4 Å². The van der Waals surface area contributed by atoms with Crippen LogP contribution in [0.3, 0.4) is 0 Å². The number of rotatable bonds is 6. The molecule has 1 fully saturated rings. The topological polar surface area (TPSA) is 122 Å². The van der Waals surface area contributed by atoms with Crippen molar-refractivity contribution in [1.29, 1.82) is 0 Å². The zero-order valence-electron chi connectivity index (χ0n) is 19.8. The van der Waals surface area contributed by atoms with Crippen LogP contribution in [0, 0.1) is 6.92 Å². The van der Waals surface area contributed by atoms with Crippen LogP contribution in [-0.2, 0) is 10.0 Å². The average molecular weight is 539 g/mol. The number of nitrogens with zero attached hydrogens (tertiary/aromatic N) is 5. The van der Waals surface area contributed by atoms with Crippen LogP contribution in [-0.4, -0.2) is 59.9 Å². The van der Waals surface area contributed by atoms with Crippen LogP contribution in [0.4, 0.5) is 11.5 Å². The maximum absolute atomic E-state index is 13.2. The molecule has 0 atom stereocenters. The summed E-state index contributed by atoms with van der Waals surface area (Å²) in [6.07, 6.45) is 4.87. The molecule has 0 saturated carbocycles. The minimum absolute atomic E-state index is 0.149. The first-order chi connectivity index (χ1) is 17.8. The summed E-state index contributed by atoms with van der Waals surface area (Å²) in [4.78, 5) is 23.6. The van der Waals surface area contributed by atoms with Gasteiger partial charge in [0.1, 0.15) is 22.8 Å². The van der Waals surface area contributed by atoms with Gasteiger partial charge in [0.05, 0.1) is 16.1 Å². The van der Waals surface area contributed by atoms with E-state index in [1.54, 1.807) is 61.9 Å². The minimum Gasteiger partial charge on any atom is -0.360 e. The number of hydrogen-bond donors (Lipinski definition) is 1. The van der Waals surface area contributed by atoms with Crippen molar-refractivity contribution in [2.24, 2.45) is 0 Å². The van der Waals surface area contributed by atoms with Crippen molar-refractivity contribution in [2.75, 3.05) is 36.4 Å². The Labute approximate surface area is 218 Å². The number of amides is 1. The van der Waals surface area contributed by atoms with Gasteiger partial charge >= 0.3 is 0 Å². The summed E-state index contributed by atoms with van der Waals surface area (Å²) in [6, 6.07) is 13.1. The van der Waals surface area contributed by atoms with Crippen LogP contribution < -0.4 is 10.2 Å². The van der Waals surface area contributed by atoms with Gasteiger partial charge < -0.3 is 14.7 Å². The number of benzene rings is 2. The Morgan fingerprint density at radius 3 is 2.43 bits per heavy atom. The van der Waals surface area contributed by atoms with E-state index in [1.807, 2.05) is 4.90 Å². The van der Waals surface area contributed by atoms with Gasteiger partial charge in [-0.1, -0.05) is 35.0 Å². The van der Waals surface area contributed by atoms with Gasteiger partial charge in [-0.2, -0.15) is 4.31 Å². The van der Waals surface area contributed by atoms with Crippen LogP contribution in [0.1, 0.15) is 16.1 Å². The summed E-state index contributed by atoms with van der Waals surface area (Å²) in [7, 11) is -3.69. The summed E-state index contributed by atoms with van der Waals surface area (Å²) >= 11 is 6.29. The van der Waals surface area contributed by atoms with Gasteiger partial charge in [0.15, 0.2) is 0 Å². The molecule has 0 radical (unpaired) electrons. The lowest BCUT2D eigenvalue weighted by molar-refractivity contribution is 0.102. The van der Waals surface area contributed by atoms with Gasteiger partial charge in [-0.05, 0) is 37.3 Å². The monoisotopic (exact) mass is 538 g/mol. The van der Waals surface area contributed by atoms with E-state index in [2.05, 4.69) is 20.4 Å². The molecule has 0 spiro atoms. The predicted molar refractivity (Wildman–Crippen MR) is 139 cm³/mol. The number of carbonyl (C=O) groups excluding carboxylic acids is 1. The van der Waals surface area contributed by atoms with Crippen molar-refractivity contribution < 1.29 is 17.7 Å². The number of hydrogen-bond acceptors (Lipinski definition) is 8. The fraction of sp³-hybridized carbons (Fsp3) is 0.200. The number of anilines is 2. The smallest absolute Gasteiger partial charge is 0.261 e. The average Bonchev–Trinajstić information content (AvgIpc) is 3.31. The summed E-state index contributed by atoms with van der Waals surface area (Å²) < 4.78 is 33.1. The van der Waals surface area contributed by atoms with Crippen LogP contribution in [0.25, 0.3) is 11.3 Å². The standard InChI is InChI=1S/C25H23ClN6O4S/c1-17-23(24(30-36-17)20-4-2-3-5-21(20)26)25(33)29-18-6-8-19(9-7-18)37(34,35)32-14-12-31(13-15-32)22-16-27-10-11-28-22/h2-11,16H,12-15H2,1H3,(H,29,33). The molecule has 2 aromatic carbocycles. The van der Waals surface area contributed by atoms with Gasteiger partial charge in [-0.25, -0.2) is 13.4 Å². The molecule has 10 nitrogen and oxygen atoms in total. The molecule has 0 aliphatic carbocycles. The number of aromatic nitrogens is 3. The third kappa shape index (κ3) is 5.06. The van der Waals surface area contributed by atoms with E-state index in [4.69, 9.17) is 16.1 Å². The largest absolute Gasteiger partial charge is 0.360 e. The first-order valence-electron chi connectivity index (χ1n) is 11.5. The van der Waals surface area contributed by atoms with E-state index in [-0.39, 0.29) is 10.5 Å². The lowest BCUT2D eigenvalue weighted by atomic mass is 10.1. The summed E-state index contributed by atoms with van der Waals surface area (Å²) in [5, 5.41) is 7.24. The van der Waals surface area contributed by atoms with E-state index < -0.39 is 15.9 Å². The maximum atomic E-state index is 13.2. The first kappa shape index (κ1) is 24.9. The second-order valence-electron chi connectivity index (χ2n) is 8.38. The second kappa shape index (κ2) is 10.3. The number of piperazine rings is 1. The molecule has 190 valence electrons. The normalized spacial score (nSPS) is 14.5. The highest BCUT2D eigenvalue weighted by Crippen LogP contribution is 2.31. The Morgan fingerprint density at radius 1 is 1.03 bits per heavy atom. The summed E-state index contributed by atoms with van der Waals surface area (Å²) in [5.74, 6) is 0.622. The van der Waals surface area contributed by atoms with Crippen LogP contribution in [0.2, 0.25) is 5.02 Å². The van der Waals surface area contributed by atoms with Crippen LogP contribution in [0.15, 0.2) is 76.5 Å².